The van der Waals surface area contributed by atoms with E-state index >= 15 is 0 Å². The Bertz CT molecular complexity index is 804. The normalized spacial score (nSPS) is 10.7. The Morgan fingerprint density at radius 3 is 2.65 bits per heavy atom. The summed E-state index contributed by atoms with van der Waals surface area (Å²) in [4.78, 5) is 22.2. The van der Waals surface area contributed by atoms with Crippen LogP contribution in [0, 0.1) is 17.0 Å². The first kappa shape index (κ1) is 17.0. The van der Waals surface area contributed by atoms with Gasteiger partial charge in [0.1, 0.15) is 5.02 Å². The zero-order chi connectivity index (χ0) is 17.0. The molecule has 23 heavy (non-hydrogen) atoms. The molecule has 0 saturated heterocycles. The number of halogens is 2. The van der Waals surface area contributed by atoms with Gasteiger partial charge in [0.15, 0.2) is 0 Å². The zero-order valence-electron chi connectivity index (χ0n) is 12.0. The molecular formula is C16H12Cl2N2O3. The summed E-state index contributed by atoms with van der Waals surface area (Å²) >= 11 is 11.6. The predicted octanol–water partition coefficient (Wildman–Crippen LogP) is 4.86. The van der Waals surface area contributed by atoms with Crippen LogP contribution in [0.4, 0.5) is 11.4 Å². The Morgan fingerprint density at radius 2 is 1.96 bits per heavy atom. The van der Waals surface area contributed by atoms with E-state index in [1.807, 2.05) is 6.92 Å². The molecule has 2 aromatic rings. The Hall–Kier alpha value is -2.37. The number of amides is 1. The van der Waals surface area contributed by atoms with Gasteiger partial charge in [-0.1, -0.05) is 35.3 Å². The van der Waals surface area contributed by atoms with E-state index in [0.717, 1.165) is 5.56 Å². The van der Waals surface area contributed by atoms with E-state index in [1.54, 1.807) is 24.3 Å². The highest BCUT2D eigenvalue weighted by atomic mass is 35.5. The molecule has 0 aromatic heterocycles. The molecule has 2 rings (SSSR count). The molecule has 0 bridgehead atoms. The van der Waals surface area contributed by atoms with Gasteiger partial charge in [-0.2, -0.15) is 0 Å². The van der Waals surface area contributed by atoms with Crippen LogP contribution in [-0.4, -0.2) is 10.8 Å². The average molecular weight is 351 g/mol. The van der Waals surface area contributed by atoms with Crippen LogP contribution >= 0.6 is 23.2 Å². The minimum absolute atomic E-state index is 0.0474. The summed E-state index contributed by atoms with van der Waals surface area (Å²) in [6, 6.07) is 9.48. The molecule has 5 nitrogen and oxygen atoms in total. The average Bonchev–Trinajstić information content (AvgIpc) is 2.50. The van der Waals surface area contributed by atoms with Gasteiger partial charge in [-0.15, -0.1) is 0 Å². The van der Waals surface area contributed by atoms with Crippen LogP contribution in [0.3, 0.4) is 0 Å². The van der Waals surface area contributed by atoms with Crippen LogP contribution in [0.1, 0.15) is 11.1 Å². The Morgan fingerprint density at radius 1 is 1.22 bits per heavy atom. The maximum absolute atomic E-state index is 11.9. The van der Waals surface area contributed by atoms with Crippen molar-refractivity contribution in [3.63, 3.8) is 0 Å². The highest BCUT2D eigenvalue weighted by Crippen LogP contribution is 2.25. The molecule has 1 amide bonds. The van der Waals surface area contributed by atoms with Gasteiger partial charge in [-0.3, -0.25) is 14.9 Å². The number of nitro benzene ring substituents is 1. The molecule has 1 N–H and O–H groups in total. The molecule has 0 unspecified atom stereocenters. The first-order chi connectivity index (χ1) is 10.9. The number of rotatable bonds is 4. The van der Waals surface area contributed by atoms with E-state index < -0.39 is 4.92 Å². The molecule has 2 aromatic carbocycles. The number of nitrogens with zero attached hydrogens (tertiary/aromatic N) is 1. The van der Waals surface area contributed by atoms with E-state index in [0.29, 0.717) is 16.3 Å². The zero-order valence-corrected chi connectivity index (χ0v) is 13.6. The summed E-state index contributed by atoms with van der Waals surface area (Å²) in [7, 11) is 0. The van der Waals surface area contributed by atoms with Crippen LogP contribution in [0.2, 0.25) is 10.0 Å². The van der Waals surface area contributed by atoms with E-state index in [1.165, 1.54) is 24.3 Å². The van der Waals surface area contributed by atoms with E-state index in [9.17, 15) is 14.9 Å². The van der Waals surface area contributed by atoms with Gasteiger partial charge < -0.3 is 5.32 Å². The minimum Gasteiger partial charge on any atom is -0.322 e. The van der Waals surface area contributed by atoms with Gasteiger partial charge in [0, 0.05) is 22.9 Å². The second-order valence-corrected chi connectivity index (χ2v) is 5.59. The van der Waals surface area contributed by atoms with Crippen molar-refractivity contribution in [3.05, 3.63) is 73.8 Å². The fourth-order valence-corrected chi connectivity index (χ4v) is 2.21. The van der Waals surface area contributed by atoms with Crippen LogP contribution < -0.4 is 5.32 Å². The topological polar surface area (TPSA) is 72.2 Å². The molecular weight excluding hydrogens is 339 g/mol. The van der Waals surface area contributed by atoms with Crippen LogP contribution in [0.25, 0.3) is 6.08 Å². The summed E-state index contributed by atoms with van der Waals surface area (Å²) in [5.41, 5.74) is 1.77. The smallest absolute Gasteiger partial charge is 0.288 e. The molecule has 0 aliphatic carbocycles. The maximum atomic E-state index is 11.9. The number of nitrogens with one attached hydrogen (secondary N) is 1. The van der Waals surface area contributed by atoms with Crippen molar-refractivity contribution in [1.82, 2.24) is 0 Å². The largest absolute Gasteiger partial charge is 0.322 e. The van der Waals surface area contributed by atoms with E-state index in [-0.39, 0.29) is 16.6 Å². The Kier molecular flexibility index (Phi) is 5.36. The van der Waals surface area contributed by atoms with Gasteiger partial charge in [-0.05, 0) is 42.3 Å². The van der Waals surface area contributed by atoms with Crippen LogP contribution in [0.15, 0.2) is 42.5 Å². The molecule has 0 radical (unpaired) electrons. The molecule has 0 atom stereocenters. The van der Waals surface area contributed by atoms with Crippen molar-refractivity contribution in [2.24, 2.45) is 0 Å². The van der Waals surface area contributed by atoms with Crippen molar-refractivity contribution in [2.75, 3.05) is 5.32 Å². The number of aryl methyl sites for hydroxylation is 1. The Balaban J connectivity index is 2.14. The number of carbonyl (C=O) groups excluding carboxylic acids is 1. The molecule has 0 aliphatic heterocycles. The lowest BCUT2D eigenvalue weighted by molar-refractivity contribution is -0.384. The van der Waals surface area contributed by atoms with Crippen molar-refractivity contribution >= 4 is 46.6 Å². The first-order valence-corrected chi connectivity index (χ1v) is 7.31. The van der Waals surface area contributed by atoms with Crippen molar-refractivity contribution < 1.29 is 9.72 Å². The van der Waals surface area contributed by atoms with Gasteiger partial charge in [0.05, 0.1) is 4.92 Å². The van der Waals surface area contributed by atoms with Crippen molar-refractivity contribution in [3.8, 4) is 0 Å². The Labute approximate surface area is 142 Å². The summed E-state index contributed by atoms with van der Waals surface area (Å²) in [6.07, 6.45) is 2.76. The van der Waals surface area contributed by atoms with E-state index in [2.05, 4.69) is 5.32 Å². The maximum Gasteiger partial charge on any atom is 0.288 e. The SMILES string of the molecule is Cc1ccc(Cl)cc1NC(=O)/C=C/c1ccc(Cl)c([N+](=O)[O-])c1. The first-order valence-electron chi connectivity index (χ1n) is 6.56. The molecule has 0 saturated carbocycles. The lowest BCUT2D eigenvalue weighted by Crippen LogP contribution is -2.08. The van der Waals surface area contributed by atoms with E-state index in [4.69, 9.17) is 23.2 Å². The summed E-state index contributed by atoms with van der Waals surface area (Å²) in [6.45, 7) is 1.85. The monoisotopic (exact) mass is 350 g/mol. The molecule has 7 heteroatoms. The fraction of sp³-hybridized carbons (Fsp3) is 0.0625. The van der Waals surface area contributed by atoms with Crippen molar-refractivity contribution in [1.29, 1.82) is 0 Å². The third-order valence-electron chi connectivity index (χ3n) is 3.05. The number of hydrogen-bond acceptors (Lipinski definition) is 3. The summed E-state index contributed by atoms with van der Waals surface area (Å²) in [5.74, 6) is -0.368. The molecule has 118 valence electrons. The van der Waals surface area contributed by atoms with Crippen LogP contribution in [0.5, 0.6) is 0 Å². The summed E-state index contributed by atoms with van der Waals surface area (Å²) < 4.78 is 0. The fourth-order valence-electron chi connectivity index (χ4n) is 1.85. The highest BCUT2D eigenvalue weighted by Gasteiger charge is 2.11. The standard InChI is InChI=1S/C16H12Cl2N2O3/c1-10-2-5-12(17)9-14(10)19-16(21)7-4-11-3-6-13(18)15(8-11)20(22)23/h2-9H,1H3,(H,19,21)/b7-4+. The number of benzene rings is 2. The lowest BCUT2D eigenvalue weighted by atomic mass is 10.2. The summed E-state index contributed by atoms with van der Waals surface area (Å²) in [5, 5.41) is 14.1. The molecule has 0 fully saturated rings. The lowest BCUT2D eigenvalue weighted by Gasteiger charge is -2.06. The quantitative estimate of drug-likeness (QED) is 0.486. The predicted molar refractivity (Wildman–Crippen MR) is 92.0 cm³/mol. The highest BCUT2D eigenvalue weighted by molar-refractivity contribution is 6.32. The van der Waals surface area contributed by atoms with Gasteiger partial charge >= 0.3 is 0 Å². The number of nitro groups is 1. The number of hydrogen-bond donors (Lipinski definition) is 1. The third kappa shape index (κ3) is 4.55. The second kappa shape index (κ2) is 7.26. The van der Waals surface area contributed by atoms with Gasteiger partial charge in [0.2, 0.25) is 5.91 Å². The van der Waals surface area contributed by atoms with Gasteiger partial charge in [-0.25, -0.2) is 0 Å². The number of carbonyl (C=O) groups is 1. The van der Waals surface area contributed by atoms with Crippen molar-refractivity contribution in [2.45, 2.75) is 6.92 Å². The molecule has 0 aliphatic rings. The van der Waals surface area contributed by atoms with Crippen LogP contribution in [-0.2, 0) is 4.79 Å². The second-order valence-electron chi connectivity index (χ2n) is 4.75. The molecule has 0 spiro atoms. The van der Waals surface area contributed by atoms with Gasteiger partial charge in [0.25, 0.3) is 5.69 Å². The molecule has 0 heterocycles. The third-order valence-corrected chi connectivity index (χ3v) is 3.61. The number of anilines is 1. The minimum atomic E-state index is -0.574.